The quantitative estimate of drug-likeness (QED) is 0.841. The van der Waals surface area contributed by atoms with E-state index in [1.807, 2.05) is 0 Å². The van der Waals surface area contributed by atoms with Gasteiger partial charge in [-0.15, -0.1) is 0 Å². The molecule has 0 unspecified atom stereocenters. The van der Waals surface area contributed by atoms with Crippen LogP contribution in [0.2, 0.25) is 10.4 Å². The number of hydrogen-bond acceptors (Lipinski definition) is 3. The number of imidazole rings is 1. The van der Waals surface area contributed by atoms with Gasteiger partial charge < -0.3 is 5.11 Å². The second kappa shape index (κ2) is 4.15. The first-order valence-corrected chi connectivity index (χ1v) is 5.07. The van der Waals surface area contributed by atoms with Gasteiger partial charge in [-0.2, -0.15) is 0 Å². The maximum Gasteiger partial charge on any atom is 0.209 e. The van der Waals surface area contributed by atoms with Crippen molar-refractivity contribution in [3.8, 4) is 11.4 Å². The van der Waals surface area contributed by atoms with E-state index in [9.17, 15) is 4.79 Å². The van der Waals surface area contributed by atoms with Crippen LogP contribution in [0.1, 0.15) is 10.5 Å². The van der Waals surface area contributed by atoms with Gasteiger partial charge in [0, 0.05) is 5.69 Å². The number of hydrogen-bond donors (Lipinski definition) is 1. The predicted molar refractivity (Wildman–Crippen MR) is 60.6 cm³/mol. The molecule has 0 spiro atoms. The summed E-state index contributed by atoms with van der Waals surface area (Å²) >= 11 is 11.6. The fourth-order valence-corrected chi connectivity index (χ4v) is 1.85. The summed E-state index contributed by atoms with van der Waals surface area (Å²) < 4.78 is 1.40. The van der Waals surface area contributed by atoms with E-state index >= 15 is 0 Å². The fraction of sp³-hybridized carbons (Fsp3) is 0. The van der Waals surface area contributed by atoms with Crippen molar-refractivity contribution in [2.24, 2.45) is 0 Å². The Morgan fingerprint density at radius 3 is 2.44 bits per heavy atom. The van der Waals surface area contributed by atoms with Crippen LogP contribution in [0.15, 0.2) is 24.3 Å². The number of phenolic OH excluding ortho intramolecular Hbond substituents is 1. The predicted octanol–water partition coefficient (Wildman–Crippen LogP) is 2.70. The van der Waals surface area contributed by atoms with Crippen molar-refractivity contribution in [1.29, 1.82) is 0 Å². The van der Waals surface area contributed by atoms with Crippen LogP contribution in [0.5, 0.6) is 5.75 Å². The molecule has 4 nitrogen and oxygen atoms in total. The number of carbonyl (C=O) groups is 1. The summed E-state index contributed by atoms with van der Waals surface area (Å²) in [6.07, 6.45) is 0.577. The minimum absolute atomic E-state index is 0.0491. The molecule has 1 heterocycles. The minimum Gasteiger partial charge on any atom is -0.508 e. The van der Waals surface area contributed by atoms with Crippen LogP contribution >= 0.6 is 23.2 Å². The van der Waals surface area contributed by atoms with E-state index in [-0.39, 0.29) is 21.9 Å². The van der Waals surface area contributed by atoms with Crippen LogP contribution in [-0.2, 0) is 0 Å². The van der Waals surface area contributed by atoms with Crippen molar-refractivity contribution in [3.63, 3.8) is 0 Å². The molecule has 0 aliphatic heterocycles. The van der Waals surface area contributed by atoms with Gasteiger partial charge in [-0.25, -0.2) is 4.98 Å². The molecule has 1 aromatic carbocycles. The van der Waals surface area contributed by atoms with E-state index in [0.29, 0.717) is 12.0 Å². The van der Waals surface area contributed by atoms with Gasteiger partial charge in [0.2, 0.25) is 5.28 Å². The van der Waals surface area contributed by atoms with Gasteiger partial charge in [0.15, 0.2) is 11.4 Å². The highest BCUT2D eigenvalue weighted by molar-refractivity contribution is 6.34. The highest BCUT2D eigenvalue weighted by Gasteiger charge is 2.14. The average molecular weight is 257 g/mol. The number of aromatic hydroxyl groups is 1. The van der Waals surface area contributed by atoms with Crippen molar-refractivity contribution in [3.05, 3.63) is 40.4 Å². The van der Waals surface area contributed by atoms with Gasteiger partial charge in [0.05, 0.1) is 0 Å². The maximum atomic E-state index is 10.8. The number of nitrogens with zero attached hydrogens (tertiary/aromatic N) is 2. The normalized spacial score (nSPS) is 10.4. The zero-order chi connectivity index (χ0) is 11.7. The number of carbonyl (C=O) groups excluding carboxylic acids is 1. The largest absolute Gasteiger partial charge is 0.508 e. The standard InChI is InChI=1S/C10H6Cl2N2O2/c11-9-8(5-15)14(10(12)13-9)6-1-3-7(16)4-2-6/h1-5,16H. The summed E-state index contributed by atoms with van der Waals surface area (Å²) in [5, 5.41) is 9.30. The molecule has 1 N–H and O–H groups in total. The van der Waals surface area contributed by atoms with Gasteiger partial charge >= 0.3 is 0 Å². The van der Waals surface area contributed by atoms with Crippen LogP contribution in [-0.4, -0.2) is 20.9 Å². The molecule has 0 saturated carbocycles. The van der Waals surface area contributed by atoms with Crippen molar-refractivity contribution < 1.29 is 9.90 Å². The molecule has 6 heteroatoms. The number of rotatable bonds is 2. The molecule has 1 aromatic heterocycles. The zero-order valence-electron chi connectivity index (χ0n) is 7.89. The summed E-state index contributed by atoms with van der Waals surface area (Å²) in [4.78, 5) is 14.6. The highest BCUT2D eigenvalue weighted by Crippen LogP contribution is 2.25. The Labute approximate surface area is 101 Å². The third kappa shape index (κ3) is 1.77. The Kier molecular flexibility index (Phi) is 2.85. The first kappa shape index (κ1) is 11.0. The van der Waals surface area contributed by atoms with Gasteiger partial charge in [0.25, 0.3) is 0 Å². The molecule has 0 bridgehead atoms. The van der Waals surface area contributed by atoms with Crippen LogP contribution in [0.25, 0.3) is 5.69 Å². The molecule has 0 aliphatic rings. The molecule has 2 rings (SSSR count). The van der Waals surface area contributed by atoms with E-state index in [1.54, 1.807) is 12.1 Å². The van der Waals surface area contributed by atoms with E-state index in [1.165, 1.54) is 16.7 Å². The van der Waals surface area contributed by atoms with Gasteiger partial charge in [-0.1, -0.05) is 11.6 Å². The molecule has 0 saturated heterocycles. The first-order chi connectivity index (χ1) is 7.63. The lowest BCUT2D eigenvalue weighted by Crippen LogP contribution is -1.99. The molecule has 0 atom stereocenters. The molecule has 16 heavy (non-hydrogen) atoms. The third-order valence-electron chi connectivity index (χ3n) is 2.05. The van der Waals surface area contributed by atoms with Crippen LogP contribution in [0, 0.1) is 0 Å². The highest BCUT2D eigenvalue weighted by atomic mass is 35.5. The molecular weight excluding hydrogens is 251 g/mol. The first-order valence-electron chi connectivity index (χ1n) is 4.32. The van der Waals surface area contributed by atoms with Crippen LogP contribution in [0.4, 0.5) is 0 Å². The summed E-state index contributed by atoms with van der Waals surface area (Å²) in [5.41, 5.74) is 0.779. The molecule has 82 valence electrons. The number of phenols is 1. The van der Waals surface area contributed by atoms with E-state index in [4.69, 9.17) is 28.3 Å². The van der Waals surface area contributed by atoms with Crippen molar-refractivity contribution >= 4 is 29.5 Å². The molecular formula is C10H6Cl2N2O2. The van der Waals surface area contributed by atoms with Gasteiger partial charge in [-0.05, 0) is 35.9 Å². The van der Waals surface area contributed by atoms with Crippen molar-refractivity contribution in [2.75, 3.05) is 0 Å². The number of aldehydes is 1. The Bertz CT molecular complexity index is 534. The zero-order valence-corrected chi connectivity index (χ0v) is 9.40. The number of benzene rings is 1. The van der Waals surface area contributed by atoms with Gasteiger partial charge in [0.1, 0.15) is 11.4 Å². The molecule has 0 fully saturated rings. The smallest absolute Gasteiger partial charge is 0.209 e. The molecule has 0 amide bonds. The van der Waals surface area contributed by atoms with Crippen LogP contribution < -0.4 is 0 Å². The third-order valence-corrected chi connectivity index (χ3v) is 2.58. The fourth-order valence-electron chi connectivity index (χ4n) is 1.33. The van der Waals surface area contributed by atoms with Crippen LogP contribution in [0.3, 0.4) is 0 Å². The number of aromatic nitrogens is 2. The monoisotopic (exact) mass is 256 g/mol. The molecule has 2 aromatic rings. The second-order valence-electron chi connectivity index (χ2n) is 3.03. The second-order valence-corrected chi connectivity index (χ2v) is 3.72. The van der Waals surface area contributed by atoms with Crippen molar-refractivity contribution in [2.45, 2.75) is 0 Å². The topological polar surface area (TPSA) is 55.1 Å². The Morgan fingerprint density at radius 2 is 1.88 bits per heavy atom. The Morgan fingerprint density at radius 1 is 1.25 bits per heavy atom. The summed E-state index contributed by atoms with van der Waals surface area (Å²) in [7, 11) is 0. The van der Waals surface area contributed by atoms with Crippen molar-refractivity contribution in [1.82, 2.24) is 9.55 Å². The Balaban J connectivity index is 2.63. The summed E-state index contributed by atoms with van der Waals surface area (Å²) in [6.45, 7) is 0. The van der Waals surface area contributed by atoms with E-state index < -0.39 is 0 Å². The summed E-state index contributed by atoms with van der Waals surface area (Å²) in [5.74, 6) is 0.124. The lowest BCUT2D eigenvalue weighted by Gasteiger charge is -2.05. The maximum absolute atomic E-state index is 10.8. The SMILES string of the molecule is O=Cc1c(Cl)nc(Cl)n1-c1ccc(O)cc1. The average Bonchev–Trinajstić information content (AvgIpc) is 2.54. The minimum atomic E-state index is 0.0491. The van der Waals surface area contributed by atoms with E-state index in [0.717, 1.165) is 0 Å². The van der Waals surface area contributed by atoms with E-state index in [2.05, 4.69) is 4.98 Å². The summed E-state index contributed by atoms with van der Waals surface area (Å²) in [6, 6.07) is 6.17. The lowest BCUT2D eigenvalue weighted by molar-refractivity contribution is 0.111. The molecule has 0 aliphatic carbocycles. The molecule has 0 radical (unpaired) electrons. The number of halogens is 2. The van der Waals surface area contributed by atoms with Gasteiger partial charge in [-0.3, -0.25) is 9.36 Å². The Hall–Kier alpha value is -1.52. The lowest BCUT2D eigenvalue weighted by atomic mass is 10.3.